The maximum Gasteiger partial charge on any atom is 0.242 e. The number of fused-ring (bicyclic) bond motifs is 2. The summed E-state index contributed by atoms with van der Waals surface area (Å²) >= 11 is 0. The number of nitrogens with one attached hydrogen (secondary N) is 1. The van der Waals surface area contributed by atoms with Gasteiger partial charge in [0.15, 0.2) is 0 Å². The summed E-state index contributed by atoms with van der Waals surface area (Å²) in [6, 6.07) is 22.4. The van der Waals surface area contributed by atoms with E-state index in [1.165, 1.54) is 5.56 Å². The molecular weight excluding hydrogens is 488 g/mol. The molecule has 0 bridgehead atoms. The van der Waals surface area contributed by atoms with Crippen LogP contribution in [0.3, 0.4) is 0 Å². The third kappa shape index (κ3) is 5.06. The molecular formula is C32H36N4O3. The summed E-state index contributed by atoms with van der Waals surface area (Å²) in [4.78, 5) is 44.0. The van der Waals surface area contributed by atoms with E-state index >= 15 is 0 Å². The van der Waals surface area contributed by atoms with Crippen LogP contribution in [0.15, 0.2) is 66.7 Å². The summed E-state index contributed by atoms with van der Waals surface area (Å²) < 4.78 is 0. The van der Waals surface area contributed by atoms with Crippen LogP contribution >= 0.6 is 0 Å². The van der Waals surface area contributed by atoms with Gasteiger partial charge in [0, 0.05) is 38.8 Å². The molecule has 3 amide bonds. The van der Waals surface area contributed by atoms with Gasteiger partial charge in [0.1, 0.15) is 5.41 Å². The highest BCUT2D eigenvalue weighted by Gasteiger charge is 2.45. The van der Waals surface area contributed by atoms with E-state index in [-0.39, 0.29) is 17.7 Å². The lowest BCUT2D eigenvalue weighted by atomic mass is 9.90. The van der Waals surface area contributed by atoms with Crippen LogP contribution in [0.2, 0.25) is 0 Å². The van der Waals surface area contributed by atoms with Crippen molar-refractivity contribution in [1.29, 1.82) is 0 Å². The van der Waals surface area contributed by atoms with Gasteiger partial charge in [0.05, 0.1) is 17.9 Å². The number of rotatable bonds is 7. The number of para-hydroxylation sites is 1. The fraction of sp³-hybridized carbons (Fsp3) is 0.344. The first-order valence-corrected chi connectivity index (χ1v) is 13.6. The normalized spacial score (nSPS) is 16.7. The molecule has 0 spiro atoms. The topological polar surface area (TPSA) is 73.0 Å². The van der Waals surface area contributed by atoms with Crippen LogP contribution in [-0.4, -0.2) is 31.3 Å². The molecule has 39 heavy (non-hydrogen) atoms. The average molecular weight is 525 g/mol. The quantitative estimate of drug-likeness (QED) is 0.450. The Labute approximate surface area is 230 Å². The fourth-order valence-corrected chi connectivity index (χ4v) is 5.52. The monoisotopic (exact) mass is 524 g/mol. The summed E-state index contributed by atoms with van der Waals surface area (Å²) in [5.41, 5.74) is 5.92. The molecule has 0 atom stereocenters. The van der Waals surface area contributed by atoms with Crippen molar-refractivity contribution in [3.8, 4) is 0 Å². The maximum atomic E-state index is 13.1. The van der Waals surface area contributed by atoms with E-state index in [2.05, 4.69) is 35.6 Å². The number of carbonyl (C=O) groups is 3. The number of nitrogens with zero attached hydrogens (tertiary/aromatic N) is 3. The highest BCUT2D eigenvalue weighted by atomic mass is 16.2. The Morgan fingerprint density at radius 1 is 0.744 bits per heavy atom. The van der Waals surface area contributed by atoms with Crippen molar-refractivity contribution in [3.63, 3.8) is 0 Å². The lowest BCUT2D eigenvalue weighted by molar-refractivity contribution is -0.137. The van der Waals surface area contributed by atoms with Crippen molar-refractivity contribution < 1.29 is 14.4 Å². The van der Waals surface area contributed by atoms with E-state index in [0.29, 0.717) is 32.6 Å². The lowest BCUT2D eigenvalue weighted by Gasteiger charge is -2.29. The second-order valence-electron chi connectivity index (χ2n) is 10.9. The molecule has 0 unspecified atom stereocenters. The molecule has 5 rings (SSSR count). The van der Waals surface area contributed by atoms with E-state index < -0.39 is 5.41 Å². The van der Waals surface area contributed by atoms with Crippen molar-refractivity contribution >= 4 is 34.8 Å². The minimum Gasteiger partial charge on any atom is -0.313 e. The Morgan fingerprint density at radius 2 is 1.41 bits per heavy atom. The number of carbonyl (C=O) groups excluding carboxylic acids is 3. The number of hydrogen-bond donors (Lipinski definition) is 1. The molecule has 0 aromatic heterocycles. The van der Waals surface area contributed by atoms with Gasteiger partial charge in [0.25, 0.3) is 0 Å². The van der Waals surface area contributed by atoms with Crippen LogP contribution in [-0.2, 0) is 40.4 Å². The van der Waals surface area contributed by atoms with Crippen LogP contribution in [0.25, 0.3) is 0 Å². The summed E-state index contributed by atoms with van der Waals surface area (Å²) in [5, 5.41) is 3.49. The van der Waals surface area contributed by atoms with Crippen LogP contribution < -0.4 is 20.0 Å². The van der Waals surface area contributed by atoms with E-state index in [1.807, 2.05) is 48.2 Å². The SMILES string of the molecule is CCN1C(=O)C(C)(C)C(=O)N(C)c2cc(CNCc3ccc(CN4C(=O)CCc5ccccc54)cc3)ccc21. The van der Waals surface area contributed by atoms with Gasteiger partial charge < -0.3 is 20.0 Å². The zero-order valence-corrected chi connectivity index (χ0v) is 23.2. The van der Waals surface area contributed by atoms with E-state index in [4.69, 9.17) is 0 Å². The second-order valence-corrected chi connectivity index (χ2v) is 10.9. The van der Waals surface area contributed by atoms with Crippen LogP contribution in [0.5, 0.6) is 0 Å². The summed E-state index contributed by atoms with van der Waals surface area (Å²) in [7, 11) is 1.74. The van der Waals surface area contributed by atoms with Gasteiger partial charge in [-0.3, -0.25) is 14.4 Å². The Kier molecular flexibility index (Phi) is 7.28. The second kappa shape index (κ2) is 10.7. The van der Waals surface area contributed by atoms with Crippen molar-refractivity contribution in [1.82, 2.24) is 5.32 Å². The van der Waals surface area contributed by atoms with Gasteiger partial charge in [-0.15, -0.1) is 0 Å². The molecule has 2 aliphatic rings. The molecule has 0 aliphatic carbocycles. The fourth-order valence-electron chi connectivity index (χ4n) is 5.52. The summed E-state index contributed by atoms with van der Waals surface area (Å²) in [5.74, 6) is -0.212. The third-order valence-corrected chi connectivity index (χ3v) is 7.84. The van der Waals surface area contributed by atoms with Gasteiger partial charge in [-0.05, 0) is 67.6 Å². The minimum atomic E-state index is -1.11. The maximum absolute atomic E-state index is 13.1. The molecule has 0 saturated heterocycles. The number of hydrogen-bond acceptors (Lipinski definition) is 4. The first-order chi connectivity index (χ1) is 18.7. The van der Waals surface area contributed by atoms with Gasteiger partial charge >= 0.3 is 0 Å². The Bertz CT molecular complexity index is 1410. The molecule has 202 valence electrons. The molecule has 0 radical (unpaired) electrons. The highest BCUT2D eigenvalue weighted by Crippen LogP contribution is 2.38. The third-order valence-electron chi connectivity index (χ3n) is 7.84. The molecule has 0 fully saturated rings. The Balaban J connectivity index is 1.23. The van der Waals surface area contributed by atoms with Crippen LogP contribution in [0.1, 0.15) is 49.4 Å². The predicted octanol–water partition coefficient (Wildman–Crippen LogP) is 4.81. The minimum absolute atomic E-state index is 0.169. The molecule has 3 aromatic carbocycles. The lowest BCUT2D eigenvalue weighted by Crippen LogP contribution is -2.47. The van der Waals surface area contributed by atoms with Gasteiger partial charge in [-0.25, -0.2) is 0 Å². The van der Waals surface area contributed by atoms with E-state index in [1.54, 1.807) is 30.7 Å². The molecule has 3 aromatic rings. The summed E-state index contributed by atoms with van der Waals surface area (Å²) in [6.45, 7) is 7.70. The first-order valence-electron chi connectivity index (χ1n) is 13.6. The van der Waals surface area contributed by atoms with E-state index in [9.17, 15) is 14.4 Å². The zero-order chi connectivity index (χ0) is 27.7. The van der Waals surface area contributed by atoms with Crippen molar-refractivity contribution in [2.24, 2.45) is 5.41 Å². The molecule has 2 aliphatic heterocycles. The zero-order valence-electron chi connectivity index (χ0n) is 23.2. The molecule has 2 heterocycles. The molecule has 7 heteroatoms. The van der Waals surface area contributed by atoms with Gasteiger partial charge in [0.2, 0.25) is 17.7 Å². The van der Waals surface area contributed by atoms with Crippen molar-refractivity contribution in [3.05, 3.63) is 89.0 Å². The average Bonchev–Trinajstić information content (AvgIpc) is 2.99. The Hall–Kier alpha value is -3.97. The van der Waals surface area contributed by atoms with Gasteiger partial charge in [-0.2, -0.15) is 0 Å². The summed E-state index contributed by atoms with van der Waals surface area (Å²) in [6.07, 6.45) is 1.36. The van der Waals surface area contributed by atoms with E-state index in [0.717, 1.165) is 40.2 Å². The Morgan fingerprint density at radius 3 is 2.15 bits per heavy atom. The highest BCUT2D eigenvalue weighted by molar-refractivity contribution is 6.19. The standard InChI is InChI=1S/C32H36N4O3/c1-5-35-27-16-14-24(18-28(27)34(4)30(38)32(2,3)31(35)39)20-33-19-22-10-12-23(13-11-22)21-36-26-9-7-6-8-25(26)15-17-29(36)37/h6-14,16,18,33H,5,15,17,19-21H2,1-4H3. The molecule has 7 nitrogen and oxygen atoms in total. The first kappa shape index (κ1) is 26.6. The number of anilines is 3. The molecule has 0 saturated carbocycles. The largest absolute Gasteiger partial charge is 0.313 e. The van der Waals surface area contributed by atoms with Crippen molar-refractivity contribution in [2.75, 3.05) is 28.3 Å². The predicted molar refractivity (Wildman–Crippen MR) is 155 cm³/mol. The smallest absolute Gasteiger partial charge is 0.242 e. The van der Waals surface area contributed by atoms with Crippen LogP contribution in [0.4, 0.5) is 17.1 Å². The van der Waals surface area contributed by atoms with Crippen molar-refractivity contribution in [2.45, 2.75) is 53.2 Å². The van der Waals surface area contributed by atoms with Gasteiger partial charge in [-0.1, -0.05) is 48.5 Å². The number of aryl methyl sites for hydroxylation is 1. The van der Waals surface area contributed by atoms with Crippen LogP contribution in [0, 0.1) is 5.41 Å². The number of benzene rings is 3. The number of amides is 3. The molecule has 1 N–H and O–H groups in total.